The van der Waals surface area contributed by atoms with Gasteiger partial charge in [0.05, 0.1) is 17.2 Å². The largest absolute Gasteiger partial charge is 0.359 e. The average Bonchev–Trinajstić information content (AvgIpc) is 3.03. The Morgan fingerprint density at radius 1 is 1.46 bits per heavy atom. The second-order valence-electron chi connectivity index (χ2n) is 5.38. The van der Waals surface area contributed by atoms with Gasteiger partial charge >= 0.3 is 0 Å². The van der Waals surface area contributed by atoms with E-state index in [-0.39, 0.29) is 30.0 Å². The molecule has 0 saturated carbocycles. The van der Waals surface area contributed by atoms with E-state index in [9.17, 15) is 19.7 Å². The number of nitro benzene ring substituents is 1. The van der Waals surface area contributed by atoms with Crippen LogP contribution < -0.4 is 10.6 Å². The van der Waals surface area contributed by atoms with Crippen molar-refractivity contribution in [1.82, 2.24) is 20.2 Å². The number of benzene rings is 1. The van der Waals surface area contributed by atoms with E-state index < -0.39 is 4.92 Å². The van der Waals surface area contributed by atoms with E-state index in [0.29, 0.717) is 23.6 Å². The van der Waals surface area contributed by atoms with Crippen LogP contribution in [-0.4, -0.2) is 39.9 Å². The number of fused-ring (bicyclic) bond motifs is 1. The molecule has 3 rings (SSSR count). The molecule has 1 unspecified atom stereocenters. The standard InChI is InChI=1S/C15H15N5O4/c1-16-13(21)6-11-7-18-15(22)12-8-17-14(19(11)12)9-2-4-10(5-3-9)20(23)24/h2-5,8,11H,6-7H2,1H3,(H,16,21)(H,18,22). The number of hydrogen-bond acceptors (Lipinski definition) is 5. The van der Waals surface area contributed by atoms with Gasteiger partial charge in [-0.1, -0.05) is 0 Å². The van der Waals surface area contributed by atoms with Crippen LogP contribution in [0.5, 0.6) is 0 Å². The molecule has 1 aromatic heterocycles. The first-order valence-corrected chi connectivity index (χ1v) is 7.32. The number of nitrogens with one attached hydrogen (secondary N) is 2. The predicted molar refractivity (Wildman–Crippen MR) is 84.4 cm³/mol. The van der Waals surface area contributed by atoms with Gasteiger partial charge in [-0.05, 0) is 12.1 Å². The van der Waals surface area contributed by atoms with E-state index in [1.54, 1.807) is 23.7 Å². The minimum Gasteiger partial charge on any atom is -0.359 e. The maximum atomic E-state index is 12.0. The zero-order valence-electron chi connectivity index (χ0n) is 12.9. The van der Waals surface area contributed by atoms with Crippen molar-refractivity contribution < 1.29 is 14.5 Å². The smallest absolute Gasteiger partial charge is 0.269 e. The molecule has 2 aromatic rings. The quantitative estimate of drug-likeness (QED) is 0.637. The zero-order valence-corrected chi connectivity index (χ0v) is 12.9. The van der Waals surface area contributed by atoms with Crippen molar-refractivity contribution in [2.75, 3.05) is 13.6 Å². The Morgan fingerprint density at radius 2 is 2.17 bits per heavy atom. The molecule has 0 fully saturated rings. The number of carbonyl (C=O) groups is 2. The summed E-state index contributed by atoms with van der Waals surface area (Å²) in [4.78, 5) is 38.3. The van der Waals surface area contributed by atoms with Crippen LogP contribution >= 0.6 is 0 Å². The minimum atomic E-state index is -0.480. The van der Waals surface area contributed by atoms with Gasteiger partial charge in [-0.2, -0.15) is 0 Å². The second kappa shape index (κ2) is 6.11. The number of nitro groups is 1. The molecule has 0 spiro atoms. The number of amides is 2. The van der Waals surface area contributed by atoms with Gasteiger partial charge in [-0.3, -0.25) is 19.7 Å². The Balaban J connectivity index is 2.02. The molecule has 0 saturated heterocycles. The Labute approximate surface area is 136 Å². The van der Waals surface area contributed by atoms with Gasteiger partial charge in [0, 0.05) is 37.7 Å². The highest BCUT2D eigenvalue weighted by Crippen LogP contribution is 2.29. The maximum absolute atomic E-state index is 12.0. The molecular weight excluding hydrogens is 314 g/mol. The third-order valence-electron chi connectivity index (χ3n) is 3.93. The first kappa shape index (κ1) is 15.7. The number of nitrogens with zero attached hydrogens (tertiary/aromatic N) is 3. The molecular formula is C15H15N5O4. The van der Waals surface area contributed by atoms with Gasteiger partial charge in [0.2, 0.25) is 5.91 Å². The van der Waals surface area contributed by atoms with Crippen LogP contribution in [0.4, 0.5) is 5.69 Å². The highest BCUT2D eigenvalue weighted by molar-refractivity contribution is 5.94. The predicted octanol–water partition coefficient (Wildman–Crippen LogP) is 0.879. The summed E-state index contributed by atoms with van der Waals surface area (Å²) in [6.45, 7) is 0.315. The summed E-state index contributed by atoms with van der Waals surface area (Å²) >= 11 is 0. The lowest BCUT2D eigenvalue weighted by atomic mass is 10.1. The molecule has 9 nitrogen and oxygen atoms in total. The Morgan fingerprint density at radius 3 is 2.79 bits per heavy atom. The van der Waals surface area contributed by atoms with E-state index in [1.165, 1.54) is 18.3 Å². The molecule has 2 amide bonds. The SMILES string of the molecule is CNC(=O)CC1CNC(=O)c2cnc(-c3ccc([N+](=O)[O-])cc3)n21. The Hall–Kier alpha value is -3.23. The lowest BCUT2D eigenvalue weighted by Gasteiger charge is -2.27. The van der Waals surface area contributed by atoms with E-state index >= 15 is 0 Å². The van der Waals surface area contributed by atoms with Crippen LogP contribution in [0.1, 0.15) is 23.0 Å². The van der Waals surface area contributed by atoms with Crippen molar-refractivity contribution in [1.29, 1.82) is 0 Å². The molecule has 1 aliphatic heterocycles. The summed E-state index contributed by atoms with van der Waals surface area (Å²) < 4.78 is 1.72. The van der Waals surface area contributed by atoms with Crippen LogP contribution in [0.25, 0.3) is 11.4 Å². The van der Waals surface area contributed by atoms with Crippen molar-refractivity contribution >= 4 is 17.5 Å². The highest BCUT2D eigenvalue weighted by atomic mass is 16.6. The number of imidazole rings is 1. The van der Waals surface area contributed by atoms with Gasteiger partial charge in [0.25, 0.3) is 11.6 Å². The summed E-state index contributed by atoms with van der Waals surface area (Å²) in [6.07, 6.45) is 1.64. The summed E-state index contributed by atoms with van der Waals surface area (Å²) in [5.41, 5.74) is 0.982. The molecule has 0 radical (unpaired) electrons. The molecule has 0 bridgehead atoms. The maximum Gasteiger partial charge on any atom is 0.269 e. The van der Waals surface area contributed by atoms with Crippen molar-refractivity contribution in [2.45, 2.75) is 12.5 Å². The summed E-state index contributed by atoms with van der Waals surface area (Å²) in [6, 6.07) is 5.65. The third-order valence-corrected chi connectivity index (χ3v) is 3.93. The van der Waals surface area contributed by atoms with Crippen LogP contribution in [0.15, 0.2) is 30.5 Å². The first-order chi connectivity index (χ1) is 11.5. The van der Waals surface area contributed by atoms with Gasteiger partial charge in [0.1, 0.15) is 11.5 Å². The number of non-ortho nitro benzene ring substituents is 1. The second-order valence-corrected chi connectivity index (χ2v) is 5.38. The van der Waals surface area contributed by atoms with Crippen molar-refractivity contribution in [3.05, 3.63) is 46.3 Å². The van der Waals surface area contributed by atoms with E-state index in [2.05, 4.69) is 15.6 Å². The molecule has 24 heavy (non-hydrogen) atoms. The fourth-order valence-corrected chi connectivity index (χ4v) is 2.72. The molecule has 2 heterocycles. The fourth-order valence-electron chi connectivity index (χ4n) is 2.72. The van der Waals surface area contributed by atoms with Crippen LogP contribution in [0, 0.1) is 10.1 Å². The topological polar surface area (TPSA) is 119 Å². The summed E-state index contributed by atoms with van der Waals surface area (Å²) in [7, 11) is 1.55. The molecule has 124 valence electrons. The molecule has 1 aliphatic rings. The normalized spacial score (nSPS) is 16.2. The Kier molecular flexibility index (Phi) is 3.98. The van der Waals surface area contributed by atoms with Crippen LogP contribution in [0.2, 0.25) is 0 Å². The third kappa shape index (κ3) is 2.71. The van der Waals surface area contributed by atoms with Gasteiger partial charge in [-0.15, -0.1) is 0 Å². The zero-order chi connectivity index (χ0) is 17.3. The number of carbonyl (C=O) groups excluding carboxylic acids is 2. The number of aromatic nitrogens is 2. The molecule has 1 aromatic carbocycles. The molecule has 2 N–H and O–H groups in total. The van der Waals surface area contributed by atoms with Crippen LogP contribution in [0.3, 0.4) is 0 Å². The van der Waals surface area contributed by atoms with Crippen LogP contribution in [-0.2, 0) is 4.79 Å². The van der Waals surface area contributed by atoms with E-state index in [4.69, 9.17) is 0 Å². The minimum absolute atomic E-state index is 0.0242. The van der Waals surface area contributed by atoms with Gasteiger partial charge in [0.15, 0.2) is 0 Å². The van der Waals surface area contributed by atoms with E-state index in [1.807, 2.05) is 0 Å². The highest BCUT2D eigenvalue weighted by Gasteiger charge is 2.30. The van der Waals surface area contributed by atoms with Crippen molar-refractivity contribution in [3.8, 4) is 11.4 Å². The monoisotopic (exact) mass is 329 g/mol. The summed E-state index contributed by atoms with van der Waals surface area (Å²) in [5, 5.41) is 16.1. The van der Waals surface area contributed by atoms with Crippen molar-refractivity contribution in [3.63, 3.8) is 0 Å². The first-order valence-electron chi connectivity index (χ1n) is 7.32. The van der Waals surface area contributed by atoms with E-state index in [0.717, 1.165) is 0 Å². The average molecular weight is 329 g/mol. The lowest BCUT2D eigenvalue weighted by molar-refractivity contribution is -0.384. The van der Waals surface area contributed by atoms with Crippen molar-refractivity contribution in [2.24, 2.45) is 0 Å². The summed E-state index contributed by atoms with van der Waals surface area (Å²) in [5.74, 6) is 0.0953. The molecule has 9 heteroatoms. The number of rotatable bonds is 4. The van der Waals surface area contributed by atoms with Gasteiger partial charge in [-0.25, -0.2) is 4.98 Å². The number of hydrogen-bond donors (Lipinski definition) is 2. The molecule has 0 aliphatic carbocycles. The Bertz CT molecular complexity index is 812. The molecule has 1 atom stereocenters. The lowest BCUT2D eigenvalue weighted by Crippen LogP contribution is -2.40. The van der Waals surface area contributed by atoms with Gasteiger partial charge < -0.3 is 15.2 Å². The fraction of sp³-hybridized carbons (Fsp3) is 0.267.